The standard InChI is InChI=1S/C11H19NO2/c1-10(2)6-4-5-11(10,3)8(13)7(6)9(12)14/h6-7,9,14H,4-5,12H2,1-3H3. The summed E-state index contributed by atoms with van der Waals surface area (Å²) in [6.07, 6.45) is 0.995. The number of ketones is 1. The summed E-state index contributed by atoms with van der Waals surface area (Å²) in [4.78, 5) is 12.1. The summed E-state index contributed by atoms with van der Waals surface area (Å²) in [5.74, 6) is 0.109. The lowest BCUT2D eigenvalue weighted by Gasteiger charge is -2.32. The van der Waals surface area contributed by atoms with E-state index < -0.39 is 6.23 Å². The molecule has 0 saturated heterocycles. The molecule has 3 nitrogen and oxygen atoms in total. The first-order valence-electron chi connectivity index (χ1n) is 5.30. The summed E-state index contributed by atoms with van der Waals surface area (Å²) in [6, 6.07) is 0. The fraction of sp³-hybridized carbons (Fsp3) is 0.909. The number of aliphatic hydroxyl groups excluding tert-OH is 1. The van der Waals surface area contributed by atoms with Crippen molar-refractivity contribution in [1.82, 2.24) is 0 Å². The molecule has 0 aromatic rings. The van der Waals surface area contributed by atoms with E-state index in [0.29, 0.717) is 0 Å². The van der Waals surface area contributed by atoms with Crippen LogP contribution in [0.25, 0.3) is 0 Å². The Morgan fingerprint density at radius 1 is 1.50 bits per heavy atom. The lowest BCUT2D eigenvalue weighted by Crippen LogP contribution is -2.41. The summed E-state index contributed by atoms with van der Waals surface area (Å²) < 4.78 is 0. The highest BCUT2D eigenvalue weighted by Crippen LogP contribution is 2.65. The first-order valence-corrected chi connectivity index (χ1v) is 5.30. The van der Waals surface area contributed by atoms with Gasteiger partial charge in [-0.3, -0.25) is 4.79 Å². The van der Waals surface area contributed by atoms with Gasteiger partial charge in [0.25, 0.3) is 0 Å². The van der Waals surface area contributed by atoms with Crippen molar-refractivity contribution in [2.75, 3.05) is 0 Å². The van der Waals surface area contributed by atoms with E-state index in [1.54, 1.807) is 0 Å². The van der Waals surface area contributed by atoms with Crippen molar-refractivity contribution in [3.05, 3.63) is 0 Å². The van der Waals surface area contributed by atoms with Crippen molar-refractivity contribution in [3.63, 3.8) is 0 Å². The van der Waals surface area contributed by atoms with Crippen LogP contribution < -0.4 is 5.73 Å². The Morgan fingerprint density at radius 2 is 2.07 bits per heavy atom. The van der Waals surface area contributed by atoms with Gasteiger partial charge in [0.05, 0.1) is 5.92 Å². The molecular formula is C11H19NO2. The zero-order valence-corrected chi connectivity index (χ0v) is 9.08. The van der Waals surface area contributed by atoms with Crippen molar-refractivity contribution in [2.45, 2.75) is 39.8 Å². The molecule has 3 N–H and O–H groups in total. The predicted octanol–water partition coefficient (Wildman–Crippen LogP) is 0.905. The largest absolute Gasteiger partial charge is 0.378 e. The molecule has 0 heterocycles. The Kier molecular flexibility index (Phi) is 1.87. The summed E-state index contributed by atoms with van der Waals surface area (Å²) in [5.41, 5.74) is 5.22. The molecular weight excluding hydrogens is 178 g/mol. The molecule has 0 aromatic heterocycles. The van der Waals surface area contributed by atoms with E-state index in [1.165, 1.54) is 0 Å². The molecule has 2 aliphatic rings. The molecule has 4 atom stereocenters. The maximum Gasteiger partial charge on any atom is 0.146 e. The number of hydrogen-bond donors (Lipinski definition) is 2. The Bertz CT molecular complexity index is 285. The van der Waals surface area contributed by atoms with Gasteiger partial charge >= 0.3 is 0 Å². The van der Waals surface area contributed by atoms with Crippen LogP contribution in [0.3, 0.4) is 0 Å². The Balaban J connectivity index is 2.44. The lowest BCUT2D eigenvalue weighted by molar-refractivity contribution is -0.134. The van der Waals surface area contributed by atoms with Gasteiger partial charge in [-0.05, 0) is 24.2 Å². The SMILES string of the molecule is CC12CCC(C(C(N)O)C1=O)C2(C)C. The van der Waals surface area contributed by atoms with Gasteiger partial charge < -0.3 is 10.8 Å². The van der Waals surface area contributed by atoms with E-state index in [9.17, 15) is 9.90 Å². The third-order valence-electron chi connectivity index (χ3n) is 4.95. The smallest absolute Gasteiger partial charge is 0.146 e. The molecule has 2 rings (SSSR count). The van der Waals surface area contributed by atoms with Crippen LogP contribution in [0.2, 0.25) is 0 Å². The van der Waals surface area contributed by atoms with Gasteiger partial charge in [-0.2, -0.15) is 0 Å². The third-order valence-corrected chi connectivity index (χ3v) is 4.95. The normalized spacial score (nSPS) is 47.1. The zero-order chi connectivity index (χ0) is 10.7. The second-order valence-electron chi connectivity index (χ2n) is 5.58. The maximum absolute atomic E-state index is 12.1. The molecule has 2 aliphatic carbocycles. The van der Waals surface area contributed by atoms with Crippen LogP contribution in [0.4, 0.5) is 0 Å². The van der Waals surface area contributed by atoms with Crippen molar-refractivity contribution in [2.24, 2.45) is 28.4 Å². The first-order chi connectivity index (χ1) is 6.32. The van der Waals surface area contributed by atoms with Crippen molar-refractivity contribution < 1.29 is 9.90 Å². The number of carbonyl (C=O) groups excluding carboxylic acids is 1. The summed E-state index contributed by atoms with van der Waals surface area (Å²) in [5, 5.41) is 9.45. The lowest BCUT2D eigenvalue weighted by atomic mass is 9.70. The molecule has 0 aliphatic heterocycles. The van der Waals surface area contributed by atoms with E-state index >= 15 is 0 Å². The number of carbonyl (C=O) groups is 1. The maximum atomic E-state index is 12.1. The van der Waals surface area contributed by atoms with Gasteiger partial charge in [-0.15, -0.1) is 0 Å². The first kappa shape index (κ1) is 10.1. The molecule has 3 heteroatoms. The van der Waals surface area contributed by atoms with E-state index in [4.69, 9.17) is 5.73 Å². The Morgan fingerprint density at radius 3 is 2.36 bits per heavy atom. The number of Topliss-reactive ketones (excluding diaryl/α,β-unsaturated/α-hetero) is 1. The average molecular weight is 197 g/mol. The Hall–Kier alpha value is -0.410. The molecule has 0 spiro atoms. The molecule has 14 heavy (non-hydrogen) atoms. The number of aliphatic hydroxyl groups is 1. The Labute approximate surface area is 84.7 Å². The summed E-state index contributed by atoms with van der Waals surface area (Å²) >= 11 is 0. The molecule has 2 saturated carbocycles. The highest BCUT2D eigenvalue weighted by atomic mass is 16.3. The molecule has 4 unspecified atom stereocenters. The minimum absolute atomic E-state index is 0.00486. The topological polar surface area (TPSA) is 63.3 Å². The molecule has 2 fully saturated rings. The van der Waals surface area contributed by atoms with Crippen LogP contribution in [-0.4, -0.2) is 17.1 Å². The quantitative estimate of drug-likeness (QED) is 0.614. The molecule has 0 amide bonds. The number of rotatable bonds is 1. The zero-order valence-electron chi connectivity index (χ0n) is 9.08. The molecule has 2 bridgehead atoms. The second kappa shape index (κ2) is 2.58. The van der Waals surface area contributed by atoms with E-state index in [1.807, 2.05) is 6.92 Å². The van der Waals surface area contributed by atoms with Crippen LogP contribution in [-0.2, 0) is 4.79 Å². The van der Waals surface area contributed by atoms with Crippen molar-refractivity contribution >= 4 is 5.78 Å². The van der Waals surface area contributed by atoms with Crippen molar-refractivity contribution in [3.8, 4) is 0 Å². The summed E-state index contributed by atoms with van der Waals surface area (Å²) in [7, 11) is 0. The highest BCUT2D eigenvalue weighted by molar-refractivity contribution is 5.92. The monoisotopic (exact) mass is 197 g/mol. The molecule has 80 valence electrons. The number of hydrogen-bond acceptors (Lipinski definition) is 3. The van der Waals surface area contributed by atoms with Crippen LogP contribution >= 0.6 is 0 Å². The minimum Gasteiger partial charge on any atom is -0.378 e. The number of nitrogens with two attached hydrogens (primary N) is 1. The van der Waals surface area contributed by atoms with Gasteiger partial charge in [-0.25, -0.2) is 0 Å². The van der Waals surface area contributed by atoms with E-state index in [0.717, 1.165) is 12.8 Å². The van der Waals surface area contributed by atoms with Crippen LogP contribution in [0.5, 0.6) is 0 Å². The molecule has 0 aromatic carbocycles. The van der Waals surface area contributed by atoms with E-state index in [2.05, 4.69) is 13.8 Å². The fourth-order valence-corrected chi connectivity index (χ4v) is 3.55. The van der Waals surface area contributed by atoms with E-state index in [-0.39, 0.29) is 28.4 Å². The minimum atomic E-state index is -0.978. The van der Waals surface area contributed by atoms with Gasteiger partial charge in [-0.1, -0.05) is 20.8 Å². The average Bonchev–Trinajstić information content (AvgIpc) is 2.35. The van der Waals surface area contributed by atoms with Crippen molar-refractivity contribution in [1.29, 1.82) is 0 Å². The van der Waals surface area contributed by atoms with Crippen LogP contribution in [0.15, 0.2) is 0 Å². The van der Waals surface area contributed by atoms with Crippen LogP contribution in [0.1, 0.15) is 33.6 Å². The molecule has 0 radical (unpaired) electrons. The third kappa shape index (κ3) is 0.873. The second-order valence-corrected chi connectivity index (χ2v) is 5.58. The fourth-order valence-electron chi connectivity index (χ4n) is 3.55. The van der Waals surface area contributed by atoms with Gasteiger partial charge in [0.2, 0.25) is 0 Å². The van der Waals surface area contributed by atoms with Gasteiger partial charge in [0.15, 0.2) is 0 Å². The highest BCUT2D eigenvalue weighted by Gasteiger charge is 2.67. The van der Waals surface area contributed by atoms with Gasteiger partial charge in [0, 0.05) is 5.41 Å². The number of fused-ring (bicyclic) bond motifs is 2. The summed E-state index contributed by atoms with van der Waals surface area (Å²) in [6.45, 7) is 6.29. The van der Waals surface area contributed by atoms with Gasteiger partial charge in [0.1, 0.15) is 12.0 Å². The predicted molar refractivity (Wildman–Crippen MR) is 53.3 cm³/mol. The van der Waals surface area contributed by atoms with Crippen LogP contribution in [0, 0.1) is 22.7 Å².